The Morgan fingerprint density at radius 2 is 2.27 bits per heavy atom. The second-order valence-electron chi connectivity index (χ2n) is 3.03. The van der Waals surface area contributed by atoms with E-state index in [2.05, 4.69) is 44.8 Å². The van der Waals surface area contributed by atoms with E-state index >= 15 is 0 Å². The smallest absolute Gasteiger partial charge is 0.159 e. The Hall–Kier alpha value is -0.430. The van der Waals surface area contributed by atoms with E-state index in [1.54, 1.807) is 0 Å². The molecular weight excluding hydrogens is 305 g/mol. The molecule has 0 fully saturated rings. The molecule has 1 N–H and O–H groups in total. The van der Waals surface area contributed by atoms with E-state index in [0.29, 0.717) is 6.61 Å². The largest absolute Gasteiger partial charge is 0.372 e. The lowest BCUT2D eigenvalue weighted by Crippen LogP contribution is -2.10. The fourth-order valence-corrected chi connectivity index (χ4v) is 1.82. The van der Waals surface area contributed by atoms with Crippen LogP contribution in [0.15, 0.2) is 6.20 Å². The van der Waals surface area contributed by atoms with Crippen LogP contribution in [0.2, 0.25) is 0 Å². The molecule has 1 heterocycles. The lowest BCUT2D eigenvalue weighted by molar-refractivity contribution is 0.0535. The molecule has 4 nitrogen and oxygen atoms in total. The molecule has 0 aliphatic heterocycles. The van der Waals surface area contributed by atoms with Crippen molar-refractivity contribution < 1.29 is 4.74 Å². The Balaban J connectivity index is 2.92. The normalized spacial score (nSPS) is 12.5. The number of aromatic nitrogens is 2. The van der Waals surface area contributed by atoms with Gasteiger partial charge in [-0.1, -0.05) is 6.92 Å². The van der Waals surface area contributed by atoms with E-state index < -0.39 is 0 Å². The fourth-order valence-electron chi connectivity index (χ4n) is 1.29. The molecule has 0 bridgehead atoms. The topological polar surface area (TPSA) is 47.0 Å². The highest BCUT2D eigenvalue weighted by atomic mass is 127. The van der Waals surface area contributed by atoms with Gasteiger partial charge in [-0.25, -0.2) is 9.97 Å². The summed E-state index contributed by atoms with van der Waals surface area (Å²) in [5.41, 5.74) is 0. The molecule has 0 aromatic carbocycles. The summed E-state index contributed by atoms with van der Waals surface area (Å²) in [6.45, 7) is 4.73. The number of nitrogens with one attached hydrogen (secondary N) is 1. The highest BCUT2D eigenvalue weighted by Crippen LogP contribution is 2.21. The summed E-state index contributed by atoms with van der Waals surface area (Å²) >= 11 is 2.21. The van der Waals surface area contributed by atoms with E-state index in [1.807, 2.05) is 20.2 Å². The molecule has 5 heteroatoms. The maximum absolute atomic E-state index is 5.56. The van der Waals surface area contributed by atoms with Crippen molar-refractivity contribution in [1.29, 1.82) is 0 Å². The molecule has 0 spiro atoms. The van der Waals surface area contributed by atoms with Crippen LogP contribution in [0.3, 0.4) is 0 Å². The van der Waals surface area contributed by atoms with Gasteiger partial charge in [-0.2, -0.15) is 0 Å². The minimum atomic E-state index is -0.000833. The zero-order valence-corrected chi connectivity index (χ0v) is 11.4. The van der Waals surface area contributed by atoms with Gasteiger partial charge in [0.1, 0.15) is 11.9 Å². The lowest BCUT2D eigenvalue weighted by atomic mass is 10.2. The molecular formula is C10H16IN3O. The van der Waals surface area contributed by atoms with Crippen molar-refractivity contribution in [3.05, 3.63) is 15.6 Å². The summed E-state index contributed by atoms with van der Waals surface area (Å²) in [7, 11) is 1.86. The second-order valence-corrected chi connectivity index (χ2v) is 4.19. The van der Waals surface area contributed by atoms with E-state index in [0.717, 1.165) is 21.6 Å². The number of halogens is 1. The van der Waals surface area contributed by atoms with Gasteiger partial charge in [-0.05, 0) is 35.9 Å². The Morgan fingerprint density at radius 1 is 1.53 bits per heavy atom. The third kappa shape index (κ3) is 3.27. The number of hydrogen-bond donors (Lipinski definition) is 1. The number of ether oxygens (including phenoxy) is 1. The first kappa shape index (κ1) is 12.6. The number of hydrogen-bond acceptors (Lipinski definition) is 4. The molecule has 1 rings (SSSR count). The van der Waals surface area contributed by atoms with E-state index in [1.165, 1.54) is 0 Å². The minimum Gasteiger partial charge on any atom is -0.372 e. The molecule has 15 heavy (non-hydrogen) atoms. The lowest BCUT2D eigenvalue weighted by Gasteiger charge is -2.14. The third-order valence-electron chi connectivity index (χ3n) is 2.03. The van der Waals surface area contributed by atoms with Crippen LogP contribution in [0, 0.1) is 3.57 Å². The van der Waals surface area contributed by atoms with Gasteiger partial charge >= 0.3 is 0 Å². The maximum Gasteiger partial charge on any atom is 0.159 e. The zero-order valence-electron chi connectivity index (χ0n) is 9.25. The van der Waals surface area contributed by atoms with Gasteiger partial charge in [-0.3, -0.25) is 0 Å². The standard InChI is InChI=1S/C10H16IN3O/c1-4-8(15-5-2)10-13-6-7(11)9(12-3)14-10/h6,8H,4-5H2,1-3H3,(H,12,13,14). The summed E-state index contributed by atoms with van der Waals surface area (Å²) in [5, 5.41) is 3.04. The average molecular weight is 321 g/mol. The van der Waals surface area contributed by atoms with Gasteiger partial charge in [0.15, 0.2) is 5.82 Å². The second kappa shape index (κ2) is 6.22. The summed E-state index contributed by atoms with van der Waals surface area (Å²) in [5.74, 6) is 1.61. The Bertz CT molecular complexity index is 320. The van der Waals surface area contributed by atoms with Crippen LogP contribution in [-0.4, -0.2) is 23.6 Å². The predicted molar refractivity (Wildman–Crippen MR) is 69.0 cm³/mol. The van der Waals surface area contributed by atoms with Crippen LogP contribution >= 0.6 is 22.6 Å². The van der Waals surface area contributed by atoms with Crippen LogP contribution in [0.5, 0.6) is 0 Å². The number of anilines is 1. The molecule has 0 amide bonds. The van der Waals surface area contributed by atoms with E-state index in [4.69, 9.17) is 4.74 Å². The minimum absolute atomic E-state index is 0.000833. The molecule has 1 atom stereocenters. The predicted octanol–water partition coefficient (Wildman–Crippen LogP) is 2.61. The third-order valence-corrected chi connectivity index (χ3v) is 2.82. The van der Waals surface area contributed by atoms with Gasteiger partial charge < -0.3 is 10.1 Å². The molecule has 84 valence electrons. The Kier molecular flexibility index (Phi) is 5.24. The first-order valence-corrected chi connectivity index (χ1v) is 6.12. The number of nitrogens with zero attached hydrogens (tertiary/aromatic N) is 2. The summed E-state index contributed by atoms with van der Waals surface area (Å²) in [6, 6.07) is 0. The van der Waals surface area contributed by atoms with Crippen LogP contribution in [-0.2, 0) is 4.74 Å². The molecule has 1 unspecified atom stereocenters. The monoisotopic (exact) mass is 321 g/mol. The summed E-state index contributed by atoms with van der Waals surface area (Å²) < 4.78 is 6.58. The Labute approximate surface area is 104 Å². The first-order valence-electron chi connectivity index (χ1n) is 5.04. The van der Waals surface area contributed by atoms with Crippen LogP contribution < -0.4 is 5.32 Å². The number of rotatable bonds is 5. The SMILES string of the molecule is CCOC(CC)c1ncc(I)c(NC)n1. The van der Waals surface area contributed by atoms with Crippen LogP contribution in [0.25, 0.3) is 0 Å². The van der Waals surface area contributed by atoms with Crippen molar-refractivity contribution in [2.45, 2.75) is 26.4 Å². The molecule has 1 aromatic rings. The molecule has 0 aliphatic rings. The van der Waals surface area contributed by atoms with Crippen molar-refractivity contribution in [3.8, 4) is 0 Å². The van der Waals surface area contributed by atoms with Gasteiger partial charge in [0.2, 0.25) is 0 Å². The van der Waals surface area contributed by atoms with Gasteiger partial charge in [-0.15, -0.1) is 0 Å². The van der Waals surface area contributed by atoms with Gasteiger partial charge in [0.25, 0.3) is 0 Å². The highest BCUT2D eigenvalue weighted by Gasteiger charge is 2.13. The summed E-state index contributed by atoms with van der Waals surface area (Å²) in [6.07, 6.45) is 2.70. The average Bonchev–Trinajstić information content (AvgIpc) is 2.27. The van der Waals surface area contributed by atoms with Crippen molar-refractivity contribution in [3.63, 3.8) is 0 Å². The zero-order chi connectivity index (χ0) is 11.3. The van der Waals surface area contributed by atoms with Crippen molar-refractivity contribution >= 4 is 28.4 Å². The van der Waals surface area contributed by atoms with E-state index in [-0.39, 0.29) is 6.10 Å². The van der Waals surface area contributed by atoms with E-state index in [9.17, 15) is 0 Å². The Morgan fingerprint density at radius 3 is 2.80 bits per heavy atom. The van der Waals surface area contributed by atoms with Crippen molar-refractivity contribution in [2.75, 3.05) is 19.0 Å². The first-order chi connectivity index (χ1) is 7.22. The van der Waals surface area contributed by atoms with Crippen molar-refractivity contribution in [1.82, 2.24) is 9.97 Å². The quantitative estimate of drug-likeness (QED) is 0.847. The fraction of sp³-hybridized carbons (Fsp3) is 0.600. The van der Waals surface area contributed by atoms with Crippen molar-refractivity contribution in [2.24, 2.45) is 0 Å². The van der Waals surface area contributed by atoms with Crippen LogP contribution in [0.1, 0.15) is 32.2 Å². The van der Waals surface area contributed by atoms with Gasteiger partial charge in [0.05, 0.1) is 3.57 Å². The molecule has 0 radical (unpaired) electrons. The highest BCUT2D eigenvalue weighted by molar-refractivity contribution is 14.1. The van der Waals surface area contributed by atoms with Crippen LogP contribution in [0.4, 0.5) is 5.82 Å². The summed E-state index contributed by atoms with van der Waals surface area (Å²) in [4.78, 5) is 8.72. The molecule has 1 aromatic heterocycles. The van der Waals surface area contributed by atoms with Gasteiger partial charge in [0, 0.05) is 19.9 Å². The molecule has 0 aliphatic carbocycles. The molecule has 0 saturated carbocycles. The maximum atomic E-state index is 5.56. The molecule has 0 saturated heterocycles.